The molecule has 1 spiro atoms. The number of rotatable bonds is 2. The fraction of sp³-hybridized carbons (Fsp3) is 0.889. The topological polar surface area (TPSA) is 72.8 Å². The van der Waals surface area contributed by atoms with Gasteiger partial charge >= 0.3 is 11.9 Å². The summed E-state index contributed by atoms with van der Waals surface area (Å²) in [6.45, 7) is 8.46. The van der Waals surface area contributed by atoms with E-state index in [0.29, 0.717) is 19.3 Å². The number of hydrogen-bond donors (Lipinski definition) is 1. The third kappa shape index (κ3) is 2.48. The molecule has 3 rings (SSSR count). The van der Waals surface area contributed by atoms with Crippen LogP contribution in [0.3, 0.4) is 0 Å². The maximum absolute atomic E-state index is 12.3. The highest BCUT2D eigenvalue weighted by Crippen LogP contribution is 2.64. The number of hydrogen-bond acceptors (Lipinski definition) is 4. The van der Waals surface area contributed by atoms with E-state index in [1.165, 1.54) is 0 Å². The molecule has 4 unspecified atom stereocenters. The number of carbonyl (C=O) groups is 2. The maximum Gasteiger partial charge on any atom is 0.308 e. The molecule has 0 amide bonds. The highest BCUT2D eigenvalue weighted by molar-refractivity contribution is 5.72. The van der Waals surface area contributed by atoms with Gasteiger partial charge in [-0.2, -0.15) is 0 Å². The molecule has 1 N–H and O–H groups in total. The predicted molar refractivity (Wildman–Crippen MR) is 83.6 cm³/mol. The third-order valence-electron chi connectivity index (χ3n) is 6.67. The molecule has 0 aromatic rings. The van der Waals surface area contributed by atoms with Crippen molar-refractivity contribution in [2.75, 3.05) is 0 Å². The summed E-state index contributed by atoms with van der Waals surface area (Å²) in [5.41, 5.74) is -0.952. The van der Waals surface area contributed by atoms with Gasteiger partial charge in [-0.05, 0) is 37.5 Å². The van der Waals surface area contributed by atoms with Gasteiger partial charge in [-0.3, -0.25) is 9.59 Å². The van der Waals surface area contributed by atoms with E-state index in [2.05, 4.69) is 20.8 Å². The standard InChI is InChI=1S/C18H28O5/c1-15(2)6-5-7-17(4)12(15)10-14(21)22-18(17)9-8-16(3,23-18)11-13(19)20/h12H,5-11H2,1-4H3,(H,19,20). The van der Waals surface area contributed by atoms with Crippen molar-refractivity contribution in [2.24, 2.45) is 16.7 Å². The smallest absolute Gasteiger partial charge is 0.308 e. The lowest BCUT2D eigenvalue weighted by Gasteiger charge is -2.59. The van der Waals surface area contributed by atoms with Gasteiger partial charge in [0, 0.05) is 18.3 Å². The molecule has 2 heterocycles. The highest BCUT2D eigenvalue weighted by Gasteiger charge is 2.68. The molecule has 0 radical (unpaired) electrons. The summed E-state index contributed by atoms with van der Waals surface area (Å²) in [6.07, 6.45) is 4.71. The number of esters is 1. The van der Waals surface area contributed by atoms with Gasteiger partial charge in [0.15, 0.2) is 0 Å². The van der Waals surface area contributed by atoms with Crippen LogP contribution in [-0.2, 0) is 19.1 Å². The summed E-state index contributed by atoms with van der Waals surface area (Å²) in [5.74, 6) is -1.84. The first kappa shape index (κ1) is 16.7. The number of carbonyl (C=O) groups excluding carboxylic acids is 1. The average Bonchev–Trinajstić information content (AvgIpc) is 2.70. The molecule has 2 saturated heterocycles. The van der Waals surface area contributed by atoms with E-state index in [-0.39, 0.29) is 29.1 Å². The van der Waals surface area contributed by atoms with Crippen LogP contribution in [0.1, 0.15) is 72.6 Å². The van der Waals surface area contributed by atoms with Gasteiger partial charge in [0.2, 0.25) is 5.79 Å². The second kappa shape index (κ2) is 4.95. The molecule has 5 nitrogen and oxygen atoms in total. The molecule has 2 aliphatic heterocycles. The zero-order chi connectivity index (χ0) is 17.1. The first-order chi connectivity index (χ1) is 10.5. The first-order valence-corrected chi connectivity index (χ1v) is 8.66. The molecule has 5 heteroatoms. The summed E-state index contributed by atoms with van der Waals surface area (Å²) in [4.78, 5) is 23.5. The monoisotopic (exact) mass is 324 g/mol. The van der Waals surface area contributed by atoms with Crippen molar-refractivity contribution in [3.63, 3.8) is 0 Å². The summed E-state index contributed by atoms with van der Waals surface area (Å²) in [6, 6.07) is 0. The minimum absolute atomic E-state index is 0.0591. The minimum Gasteiger partial charge on any atom is -0.481 e. The fourth-order valence-corrected chi connectivity index (χ4v) is 5.44. The van der Waals surface area contributed by atoms with E-state index in [1.807, 2.05) is 6.92 Å². The maximum atomic E-state index is 12.3. The lowest BCUT2D eigenvalue weighted by Crippen LogP contribution is -2.62. The van der Waals surface area contributed by atoms with Crippen LogP contribution in [0.5, 0.6) is 0 Å². The Morgan fingerprint density at radius 3 is 2.52 bits per heavy atom. The van der Waals surface area contributed by atoms with E-state index < -0.39 is 17.4 Å². The number of carboxylic acids is 1. The van der Waals surface area contributed by atoms with E-state index >= 15 is 0 Å². The molecular weight excluding hydrogens is 296 g/mol. The Hall–Kier alpha value is -1.10. The molecule has 3 fully saturated rings. The Morgan fingerprint density at radius 1 is 1.17 bits per heavy atom. The van der Waals surface area contributed by atoms with Crippen LogP contribution < -0.4 is 0 Å². The normalized spacial score (nSPS) is 45.6. The molecule has 0 aromatic heterocycles. The van der Waals surface area contributed by atoms with E-state index in [4.69, 9.17) is 14.6 Å². The molecule has 0 bridgehead atoms. The predicted octanol–water partition coefficient (Wildman–Crippen LogP) is 3.51. The third-order valence-corrected chi connectivity index (χ3v) is 6.67. The lowest BCUT2D eigenvalue weighted by atomic mass is 9.51. The van der Waals surface area contributed by atoms with E-state index in [9.17, 15) is 9.59 Å². The van der Waals surface area contributed by atoms with Crippen molar-refractivity contribution in [1.82, 2.24) is 0 Å². The van der Waals surface area contributed by atoms with Crippen molar-refractivity contribution in [3.05, 3.63) is 0 Å². The quantitative estimate of drug-likeness (QED) is 0.787. The average molecular weight is 324 g/mol. The second-order valence-corrected chi connectivity index (χ2v) is 8.87. The summed E-state index contributed by atoms with van der Waals surface area (Å²) in [7, 11) is 0. The van der Waals surface area contributed by atoms with Crippen molar-refractivity contribution >= 4 is 11.9 Å². The van der Waals surface area contributed by atoms with E-state index in [1.54, 1.807) is 0 Å². The lowest BCUT2D eigenvalue weighted by molar-refractivity contribution is -0.330. The zero-order valence-corrected chi connectivity index (χ0v) is 14.6. The van der Waals surface area contributed by atoms with Gasteiger partial charge in [0.1, 0.15) is 0 Å². The first-order valence-electron chi connectivity index (χ1n) is 8.66. The number of ether oxygens (including phenoxy) is 2. The molecule has 1 saturated carbocycles. The van der Waals surface area contributed by atoms with Crippen LogP contribution in [0.15, 0.2) is 0 Å². The molecule has 130 valence electrons. The summed E-state index contributed by atoms with van der Waals surface area (Å²) in [5, 5.41) is 9.17. The van der Waals surface area contributed by atoms with Gasteiger partial charge in [-0.1, -0.05) is 27.2 Å². The van der Waals surface area contributed by atoms with Crippen LogP contribution in [-0.4, -0.2) is 28.4 Å². The van der Waals surface area contributed by atoms with Crippen molar-refractivity contribution in [2.45, 2.75) is 84.0 Å². The zero-order valence-electron chi connectivity index (χ0n) is 14.6. The number of aliphatic carboxylic acids is 1. The molecule has 3 aliphatic rings. The van der Waals surface area contributed by atoms with Crippen LogP contribution in [0.2, 0.25) is 0 Å². The molecule has 23 heavy (non-hydrogen) atoms. The number of fused-ring (bicyclic) bond motifs is 2. The number of carboxylic acid groups (broad SMARTS) is 1. The Labute approximate surface area is 137 Å². The van der Waals surface area contributed by atoms with Gasteiger partial charge in [-0.25, -0.2) is 0 Å². The largest absolute Gasteiger partial charge is 0.481 e. The fourth-order valence-electron chi connectivity index (χ4n) is 5.44. The summed E-state index contributed by atoms with van der Waals surface area (Å²) < 4.78 is 12.1. The van der Waals surface area contributed by atoms with Crippen LogP contribution in [0, 0.1) is 16.7 Å². The highest BCUT2D eigenvalue weighted by atomic mass is 16.7. The van der Waals surface area contributed by atoms with Crippen molar-refractivity contribution in [1.29, 1.82) is 0 Å². The van der Waals surface area contributed by atoms with Crippen LogP contribution >= 0.6 is 0 Å². The Kier molecular flexibility index (Phi) is 3.60. The molecule has 1 aliphatic carbocycles. The Balaban J connectivity index is 1.98. The van der Waals surface area contributed by atoms with Crippen LogP contribution in [0.25, 0.3) is 0 Å². The van der Waals surface area contributed by atoms with Gasteiger partial charge in [-0.15, -0.1) is 0 Å². The Bertz CT molecular complexity index is 542. The molecule has 0 aromatic carbocycles. The summed E-state index contributed by atoms with van der Waals surface area (Å²) >= 11 is 0. The minimum atomic E-state index is -0.963. The van der Waals surface area contributed by atoms with Gasteiger partial charge in [0.05, 0.1) is 12.0 Å². The second-order valence-electron chi connectivity index (χ2n) is 8.87. The van der Waals surface area contributed by atoms with Crippen molar-refractivity contribution < 1.29 is 24.2 Å². The molecule has 4 atom stereocenters. The van der Waals surface area contributed by atoms with Gasteiger partial charge in [0.25, 0.3) is 0 Å². The van der Waals surface area contributed by atoms with Crippen molar-refractivity contribution in [3.8, 4) is 0 Å². The SMILES string of the molecule is CC1(CC(=O)O)CCC2(OC(=O)CC3C(C)(C)CCCC32C)O1. The van der Waals surface area contributed by atoms with E-state index in [0.717, 1.165) is 19.3 Å². The molecular formula is C18H28O5. The Morgan fingerprint density at radius 2 is 1.87 bits per heavy atom. The van der Waals surface area contributed by atoms with Crippen LogP contribution in [0.4, 0.5) is 0 Å². The van der Waals surface area contributed by atoms with Gasteiger partial charge < -0.3 is 14.6 Å².